The van der Waals surface area contributed by atoms with Gasteiger partial charge >= 0.3 is 17.9 Å². The highest BCUT2D eigenvalue weighted by atomic mass is 16.6. The van der Waals surface area contributed by atoms with Crippen molar-refractivity contribution in [2.24, 2.45) is 0 Å². The Morgan fingerprint density at radius 3 is 0.845 bits per heavy atom. The second kappa shape index (κ2) is 60.2. The van der Waals surface area contributed by atoms with E-state index in [1.165, 1.54) is 225 Å². The van der Waals surface area contributed by atoms with E-state index in [9.17, 15) is 14.4 Å². The van der Waals surface area contributed by atoms with Gasteiger partial charge in [0.1, 0.15) is 13.2 Å². The first-order valence-corrected chi connectivity index (χ1v) is 31.5. The summed E-state index contributed by atoms with van der Waals surface area (Å²) in [4.78, 5) is 38.2. The van der Waals surface area contributed by atoms with Crippen molar-refractivity contribution in [2.75, 3.05) is 13.2 Å². The van der Waals surface area contributed by atoms with E-state index in [0.29, 0.717) is 19.3 Å². The van der Waals surface area contributed by atoms with Crippen molar-refractivity contribution < 1.29 is 28.6 Å². The number of hydrogen-bond acceptors (Lipinski definition) is 6. The molecule has 416 valence electrons. The lowest BCUT2D eigenvalue weighted by Crippen LogP contribution is -2.30. The Bertz CT molecular complexity index is 1190. The minimum atomic E-state index is -0.773. The first-order valence-electron chi connectivity index (χ1n) is 31.5. The summed E-state index contributed by atoms with van der Waals surface area (Å²) >= 11 is 0. The number of unbranched alkanes of at least 4 members (excludes halogenated alkanes) is 41. The Kier molecular flexibility index (Phi) is 58.2. The summed E-state index contributed by atoms with van der Waals surface area (Å²) in [5, 5.41) is 0. The Morgan fingerprint density at radius 2 is 0.535 bits per heavy atom. The van der Waals surface area contributed by atoms with Crippen molar-refractivity contribution in [3.63, 3.8) is 0 Å². The molecule has 71 heavy (non-hydrogen) atoms. The highest BCUT2D eigenvalue weighted by molar-refractivity contribution is 5.71. The molecule has 0 bridgehead atoms. The van der Waals surface area contributed by atoms with Crippen LogP contribution in [0.3, 0.4) is 0 Å². The molecule has 0 aromatic carbocycles. The summed E-state index contributed by atoms with van der Waals surface area (Å²) in [6.07, 6.45) is 73.0. The van der Waals surface area contributed by atoms with Gasteiger partial charge in [0, 0.05) is 19.3 Å². The van der Waals surface area contributed by atoms with Gasteiger partial charge in [-0.05, 0) is 70.6 Å². The summed E-state index contributed by atoms with van der Waals surface area (Å²) in [7, 11) is 0. The molecule has 6 heteroatoms. The van der Waals surface area contributed by atoms with E-state index in [-0.39, 0.29) is 31.1 Å². The lowest BCUT2D eigenvalue weighted by molar-refractivity contribution is -0.167. The Morgan fingerprint density at radius 1 is 0.282 bits per heavy atom. The molecular formula is C65H120O6. The highest BCUT2D eigenvalue weighted by Crippen LogP contribution is 2.17. The maximum absolute atomic E-state index is 12.9. The zero-order chi connectivity index (χ0) is 51.4. The third-order valence-electron chi connectivity index (χ3n) is 14.1. The van der Waals surface area contributed by atoms with Crippen LogP contribution in [0.15, 0.2) is 36.5 Å². The van der Waals surface area contributed by atoms with Gasteiger partial charge in [-0.1, -0.05) is 288 Å². The minimum Gasteiger partial charge on any atom is -0.462 e. The standard InChI is InChI=1S/C65H120O6/c1-4-7-10-13-16-19-22-24-26-28-30-32-33-34-36-37-39-41-43-46-49-52-55-58-64(67)70-61-62(60-69-63(66)57-54-51-48-45-21-18-15-12-9-6-3)71-65(68)59-56-53-50-47-44-42-40-38-35-31-29-27-25-23-20-17-14-11-8-5-2/h12,15,22,24,28,30,62H,4-11,13-14,16-21,23,25-27,29,31-61H2,1-3H3/b15-12-,24-22-,30-28-. The van der Waals surface area contributed by atoms with Gasteiger partial charge in [0.05, 0.1) is 0 Å². The SMILES string of the molecule is CCC/C=C\CCCCCCCC(=O)OCC(COC(=O)CCCCCCCCCCCCC/C=C\C/C=C\CCCCCCC)OC(=O)CCCCCCCCCCCCCCCCCCCCCC. The smallest absolute Gasteiger partial charge is 0.306 e. The van der Waals surface area contributed by atoms with Crippen molar-refractivity contribution in [2.45, 2.75) is 348 Å². The van der Waals surface area contributed by atoms with Gasteiger partial charge in [0.15, 0.2) is 6.10 Å². The summed E-state index contributed by atoms with van der Waals surface area (Å²) < 4.78 is 16.9. The van der Waals surface area contributed by atoms with Crippen LogP contribution in [0.4, 0.5) is 0 Å². The third-order valence-corrected chi connectivity index (χ3v) is 14.1. The van der Waals surface area contributed by atoms with Crippen LogP contribution in [0.25, 0.3) is 0 Å². The molecule has 0 aliphatic carbocycles. The summed E-state index contributed by atoms with van der Waals surface area (Å²) in [6, 6.07) is 0. The molecule has 1 atom stereocenters. The predicted octanol–water partition coefficient (Wildman–Crippen LogP) is 21.2. The zero-order valence-electron chi connectivity index (χ0n) is 47.8. The summed E-state index contributed by atoms with van der Waals surface area (Å²) in [5.41, 5.74) is 0. The molecule has 6 nitrogen and oxygen atoms in total. The van der Waals surface area contributed by atoms with Crippen LogP contribution in [0.2, 0.25) is 0 Å². The Hall–Kier alpha value is -2.37. The second-order valence-electron chi connectivity index (χ2n) is 21.3. The maximum Gasteiger partial charge on any atom is 0.306 e. The predicted molar refractivity (Wildman–Crippen MR) is 307 cm³/mol. The molecule has 0 N–H and O–H groups in total. The topological polar surface area (TPSA) is 78.9 Å². The molecule has 0 amide bonds. The van der Waals surface area contributed by atoms with Crippen molar-refractivity contribution >= 4 is 17.9 Å². The van der Waals surface area contributed by atoms with Crippen LogP contribution in [0.5, 0.6) is 0 Å². The molecule has 0 spiro atoms. The van der Waals surface area contributed by atoms with E-state index in [1.807, 2.05) is 0 Å². The average Bonchev–Trinajstić information content (AvgIpc) is 3.37. The largest absolute Gasteiger partial charge is 0.462 e. The van der Waals surface area contributed by atoms with Gasteiger partial charge in [-0.2, -0.15) is 0 Å². The van der Waals surface area contributed by atoms with E-state index < -0.39 is 6.10 Å². The van der Waals surface area contributed by atoms with Crippen molar-refractivity contribution in [1.29, 1.82) is 0 Å². The van der Waals surface area contributed by atoms with E-state index in [1.54, 1.807) is 0 Å². The van der Waals surface area contributed by atoms with Gasteiger partial charge < -0.3 is 14.2 Å². The third kappa shape index (κ3) is 58.4. The van der Waals surface area contributed by atoms with Gasteiger partial charge in [0.25, 0.3) is 0 Å². The number of rotatable bonds is 58. The van der Waals surface area contributed by atoms with Gasteiger partial charge in [0.2, 0.25) is 0 Å². The zero-order valence-corrected chi connectivity index (χ0v) is 47.8. The number of esters is 3. The molecular weight excluding hydrogens is 877 g/mol. The van der Waals surface area contributed by atoms with E-state index in [2.05, 4.69) is 57.2 Å². The molecule has 0 saturated heterocycles. The van der Waals surface area contributed by atoms with Crippen molar-refractivity contribution in [1.82, 2.24) is 0 Å². The molecule has 0 rings (SSSR count). The normalized spacial score (nSPS) is 12.2. The monoisotopic (exact) mass is 997 g/mol. The fourth-order valence-electron chi connectivity index (χ4n) is 9.36. The molecule has 0 aromatic heterocycles. The molecule has 0 aliphatic rings. The average molecular weight is 998 g/mol. The molecule has 1 unspecified atom stereocenters. The number of carbonyl (C=O) groups excluding carboxylic acids is 3. The summed E-state index contributed by atoms with van der Waals surface area (Å²) in [6.45, 7) is 6.61. The minimum absolute atomic E-state index is 0.0720. The molecule has 0 aromatic rings. The van der Waals surface area contributed by atoms with Gasteiger partial charge in [-0.15, -0.1) is 0 Å². The highest BCUT2D eigenvalue weighted by Gasteiger charge is 2.19. The van der Waals surface area contributed by atoms with E-state index in [4.69, 9.17) is 14.2 Å². The lowest BCUT2D eigenvalue weighted by atomic mass is 10.0. The molecule has 0 radical (unpaired) electrons. The number of allylic oxidation sites excluding steroid dienone is 6. The van der Waals surface area contributed by atoms with Crippen molar-refractivity contribution in [3.8, 4) is 0 Å². The van der Waals surface area contributed by atoms with Gasteiger partial charge in [-0.25, -0.2) is 0 Å². The molecule has 0 fully saturated rings. The van der Waals surface area contributed by atoms with E-state index >= 15 is 0 Å². The van der Waals surface area contributed by atoms with Crippen LogP contribution >= 0.6 is 0 Å². The van der Waals surface area contributed by atoms with Crippen LogP contribution < -0.4 is 0 Å². The fraction of sp³-hybridized carbons (Fsp3) is 0.862. The van der Waals surface area contributed by atoms with Crippen LogP contribution in [-0.2, 0) is 28.6 Å². The fourth-order valence-corrected chi connectivity index (χ4v) is 9.36. The first-order chi connectivity index (χ1) is 35.0. The quantitative estimate of drug-likeness (QED) is 0.0261. The number of ether oxygens (including phenoxy) is 3. The van der Waals surface area contributed by atoms with Crippen molar-refractivity contribution in [3.05, 3.63) is 36.5 Å². The number of hydrogen-bond donors (Lipinski definition) is 0. The van der Waals surface area contributed by atoms with E-state index in [0.717, 1.165) is 77.0 Å². The Balaban J connectivity index is 4.21. The lowest BCUT2D eigenvalue weighted by Gasteiger charge is -2.18. The van der Waals surface area contributed by atoms with Crippen LogP contribution in [0.1, 0.15) is 342 Å². The van der Waals surface area contributed by atoms with Gasteiger partial charge in [-0.3, -0.25) is 14.4 Å². The Labute approximate surface area is 442 Å². The maximum atomic E-state index is 12.9. The second-order valence-corrected chi connectivity index (χ2v) is 21.3. The molecule has 0 heterocycles. The van der Waals surface area contributed by atoms with Crippen LogP contribution in [0, 0.1) is 0 Å². The summed E-state index contributed by atoms with van der Waals surface area (Å²) in [5.74, 6) is -0.864. The first kappa shape index (κ1) is 68.6. The molecule has 0 aliphatic heterocycles. The van der Waals surface area contributed by atoms with Crippen LogP contribution in [-0.4, -0.2) is 37.2 Å². The molecule has 0 saturated carbocycles. The number of carbonyl (C=O) groups is 3.